The third-order valence-corrected chi connectivity index (χ3v) is 6.08. The molecular formula is C16H25NO5S. The molecule has 2 rings (SSSR count). The van der Waals surface area contributed by atoms with Crippen molar-refractivity contribution in [3.63, 3.8) is 0 Å². The minimum Gasteiger partial charge on any atom is -0.496 e. The lowest BCUT2D eigenvalue weighted by molar-refractivity contribution is 0.0923. The van der Waals surface area contributed by atoms with Crippen LogP contribution in [0.15, 0.2) is 18.2 Å². The van der Waals surface area contributed by atoms with E-state index in [4.69, 9.17) is 15.2 Å². The fraction of sp³-hybridized carbons (Fsp3) is 0.625. The number of rotatable bonds is 6. The van der Waals surface area contributed by atoms with Crippen LogP contribution in [0.2, 0.25) is 0 Å². The molecule has 1 aromatic carbocycles. The van der Waals surface area contributed by atoms with Gasteiger partial charge >= 0.3 is 0 Å². The van der Waals surface area contributed by atoms with Gasteiger partial charge in [-0.05, 0) is 30.0 Å². The second kappa shape index (κ2) is 7.61. The van der Waals surface area contributed by atoms with E-state index in [0.717, 1.165) is 16.9 Å². The smallest absolute Gasteiger partial charge is 0.152 e. The van der Waals surface area contributed by atoms with Crippen LogP contribution in [0, 0.1) is 5.92 Å². The highest BCUT2D eigenvalue weighted by Crippen LogP contribution is 2.26. The molecule has 3 N–H and O–H groups in total. The molecule has 0 aliphatic carbocycles. The highest BCUT2D eigenvalue weighted by atomic mass is 32.2. The Morgan fingerprint density at radius 2 is 2.04 bits per heavy atom. The number of aliphatic hydroxyl groups is 1. The van der Waals surface area contributed by atoms with Crippen molar-refractivity contribution in [2.24, 2.45) is 11.7 Å². The van der Waals surface area contributed by atoms with E-state index in [2.05, 4.69) is 0 Å². The predicted molar refractivity (Wildman–Crippen MR) is 88.4 cm³/mol. The van der Waals surface area contributed by atoms with Crippen LogP contribution in [0.5, 0.6) is 5.75 Å². The van der Waals surface area contributed by atoms with Crippen molar-refractivity contribution >= 4 is 9.84 Å². The second-order valence-electron chi connectivity index (χ2n) is 6.08. The molecule has 6 nitrogen and oxygen atoms in total. The lowest BCUT2D eigenvalue weighted by atomic mass is 9.91. The van der Waals surface area contributed by atoms with E-state index in [-0.39, 0.29) is 17.4 Å². The predicted octanol–water partition coefficient (Wildman–Crippen LogP) is 0.159. The van der Waals surface area contributed by atoms with E-state index >= 15 is 0 Å². The number of sulfone groups is 1. The molecular weight excluding hydrogens is 318 g/mol. The van der Waals surface area contributed by atoms with Gasteiger partial charge in [0.05, 0.1) is 31.3 Å². The zero-order valence-corrected chi connectivity index (χ0v) is 14.4. The topological polar surface area (TPSA) is 98.9 Å². The molecule has 23 heavy (non-hydrogen) atoms. The fourth-order valence-electron chi connectivity index (χ4n) is 3.08. The monoisotopic (exact) mass is 343 g/mol. The molecule has 0 bridgehead atoms. The van der Waals surface area contributed by atoms with Crippen molar-refractivity contribution in [3.8, 4) is 5.75 Å². The van der Waals surface area contributed by atoms with Gasteiger partial charge in [-0.1, -0.05) is 12.1 Å². The van der Waals surface area contributed by atoms with Crippen LogP contribution in [0.4, 0.5) is 0 Å². The molecule has 130 valence electrons. The number of methoxy groups -OCH3 is 2. The third kappa shape index (κ3) is 4.67. The molecule has 7 heteroatoms. The zero-order valence-electron chi connectivity index (χ0n) is 13.6. The molecule has 1 fully saturated rings. The maximum Gasteiger partial charge on any atom is 0.152 e. The van der Waals surface area contributed by atoms with Crippen LogP contribution in [0.3, 0.4) is 0 Å². The summed E-state index contributed by atoms with van der Waals surface area (Å²) in [5.74, 6) is 0.222. The summed E-state index contributed by atoms with van der Waals surface area (Å²) in [4.78, 5) is 0. The quantitative estimate of drug-likeness (QED) is 0.763. The van der Waals surface area contributed by atoms with Crippen molar-refractivity contribution < 1.29 is 23.0 Å². The summed E-state index contributed by atoms with van der Waals surface area (Å²) >= 11 is 0. The summed E-state index contributed by atoms with van der Waals surface area (Å²) in [5.41, 5.74) is 7.74. The first-order valence-electron chi connectivity index (χ1n) is 7.65. The molecule has 0 radical (unpaired) electrons. The molecule has 1 saturated heterocycles. The minimum atomic E-state index is -3.20. The summed E-state index contributed by atoms with van der Waals surface area (Å²) < 4.78 is 34.2. The van der Waals surface area contributed by atoms with E-state index in [9.17, 15) is 13.5 Å². The van der Waals surface area contributed by atoms with Gasteiger partial charge in [0, 0.05) is 19.1 Å². The van der Waals surface area contributed by atoms with Crippen LogP contribution in [0.25, 0.3) is 0 Å². The van der Waals surface area contributed by atoms with E-state index < -0.39 is 22.0 Å². The number of hydrogen-bond acceptors (Lipinski definition) is 6. The standard InChI is InChI=1S/C16H25NO5S/c1-21-6-5-12-7-11(3-4-15(12)22-2)8-13-9-23(19,20)10-14(17)16(13)18/h3-4,7,13-14,16,18H,5-6,8-10,17H2,1-2H3/t13-,14+,16+/m1/s1. The second-order valence-corrected chi connectivity index (χ2v) is 8.24. The Kier molecular flexibility index (Phi) is 6.02. The lowest BCUT2D eigenvalue weighted by Gasteiger charge is -2.32. The van der Waals surface area contributed by atoms with Crippen molar-refractivity contribution in [2.45, 2.75) is 25.0 Å². The third-order valence-electron chi connectivity index (χ3n) is 4.25. The first-order chi connectivity index (χ1) is 10.9. The lowest BCUT2D eigenvalue weighted by Crippen LogP contribution is -2.52. The molecule has 1 aliphatic rings. The van der Waals surface area contributed by atoms with Crippen LogP contribution in [0.1, 0.15) is 11.1 Å². The average Bonchev–Trinajstić information content (AvgIpc) is 2.49. The first-order valence-corrected chi connectivity index (χ1v) is 9.47. The van der Waals surface area contributed by atoms with Gasteiger partial charge in [-0.25, -0.2) is 8.42 Å². The van der Waals surface area contributed by atoms with Gasteiger partial charge in [0.15, 0.2) is 9.84 Å². The largest absolute Gasteiger partial charge is 0.496 e. The highest BCUT2D eigenvalue weighted by Gasteiger charge is 2.37. The molecule has 0 aromatic heterocycles. The summed E-state index contributed by atoms with van der Waals surface area (Å²) in [6.45, 7) is 0.575. The molecule has 1 aliphatic heterocycles. The Balaban J connectivity index is 2.18. The van der Waals surface area contributed by atoms with Crippen molar-refractivity contribution in [1.82, 2.24) is 0 Å². The van der Waals surface area contributed by atoms with E-state index in [1.807, 2.05) is 18.2 Å². The minimum absolute atomic E-state index is 0.0265. The molecule has 0 amide bonds. The van der Waals surface area contributed by atoms with Crippen LogP contribution < -0.4 is 10.5 Å². The van der Waals surface area contributed by atoms with Gasteiger partial charge in [0.25, 0.3) is 0 Å². The highest BCUT2D eigenvalue weighted by molar-refractivity contribution is 7.91. The summed E-state index contributed by atoms with van der Waals surface area (Å²) in [6, 6.07) is 5.03. The fourth-order valence-corrected chi connectivity index (χ4v) is 4.97. The summed E-state index contributed by atoms with van der Waals surface area (Å²) in [5, 5.41) is 10.2. The molecule has 0 spiro atoms. The average molecular weight is 343 g/mol. The van der Waals surface area contributed by atoms with Gasteiger partial charge in [-0.3, -0.25) is 0 Å². The Hall–Kier alpha value is -1.15. The van der Waals surface area contributed by atoms with Gasteiger partial charge in [0.1, 0.15) is 5.75 Å². The normalized spacial score (nSPS) is 26.9. The van der Waals surface area contributed by atoms with Gasteiger partial charge in [-0.2, -0.15) is 0 Å². The van der Waals surface area contributed by atoms with Crippen molar-refractivity contribution in [1.29, 1.82) is 0 Å². The molecule has 1 heterocycles. The Morgan fingerprint density at radius 1 is 1.30 bits per heavy atom. The van der Waals surface area contributed by atoms with Crippen LogP contribution >= 0.6 is 0 Å². The first kappa shape index (κ1) is 18.2. The van der Waals surface area contributed by atoms with E-state index in [1.165, 1.54) is 0 Å². The Labute approximate surface area is 137 Å². The Bertz CT molecular complexity index is 631. The SMILES string of the molecule is COCCc1cc(C[C@@H]2CS(=O)(=O)C[C@H](N)[C@H]2O)ccc1OC. The van der Waals surface area contributed by atoms with Crippen LogP contribution in [-0.4, -0.2) is 58.0 Å². The van der Waals surface area contributed by atoms with Crippen molar-refractivity contribution in [3.05, 3.63) is 29.3 Å². The van der Waals surface area contributed by atoms with Gasteiger partial charge < -0.3 is 20.3 Å². The number of hydrogen-bond donors (Lipinski definition) is 2. The number of aliphatic hydroxyl groups excluding tert-OH is 1. The number of ether oxygens (including phenoxy) is 2. The number of benzene rings is 1. The van der Waals surface area contributed by atoms with E-state index in [0.29, 0.717) is 19.4 Å². The molecule has 3 atom stereocenters. The molecule has 0 saturated carbocycles. The maximum atomic E-state index is 11.9. The van der Waals surface area contributed by atoms with Crippen molar-refractivity contribution in [2.75, 3.05) is 32.3 Å². The van der Waals surface area contributed by atoms with E-state index in [1.54, 1.807) is 14.2 Å². The Morgan fingerprint density at radius 3 is 2.70 bits per heavy atom. The number of nitrogens with two attached hydrogens (primary N) is 1. The molecule has 0 unspecified atom stereocenters. The zero-order chi connectivity index (χ0) is 17.0. The van der Waals surface area contributed by atoms with Gasteiger partial charge in [-0.15, -0.1) is 0 Å². The van der Waals surface area contributed by atoms with Gasteiger partial charge in [0.2, 0.25) is 0 Å². The summed E-state index contributed by atoms with van der Waals surface area (Å²) in [7, 11) is 0.0518. The summed E-state index contributed by atoms with van der Waals surface area (Å²) in [6.07, 6.45) is 0.374. The van der Waals surface area contributed by atoms with Crippen LogP contribution in [-0.2, 0) is 27.4 Å². The molecule has 1 aromatic rings. The maximum absolute atomic E-state index is 11.9.